The van der Waals surface area contributed by atoms with Crippen molar-refractivity contribution in [3.8, 4) is 11.5 Å². The molecule has 0 spiro atoms. The van der Waals surface area contributed by atoms with Crippen LogP contribution in [-0.4, -0.2) is 79.2 Å². The Morgan fingerprint density at radius 3 is 2.31 bits per heavy atom. The van der Waals surface area contributed by atoms with Gasteiger partial charge in [-0.3, -0.25) is 14.5 Å². The number of nitrogens with zero attached hydrogens (tertiary/aromatic N) is 2. The molecule has 2 aliphatic rings. The van der Waals surface area contributed by atoms with Gasteiger partial charge in [0.15, 0.2) is 0 Å². The van der Waals surface area contributed by atoms with Crippen LogP contribution in [0.25, 0.3) is 5.76 Å². The summed E-state index contributed by atoms with van der Waals surface area (Å²) in [5.74, 6) is -0.214. The normalized spacial score (nSPS) is 19.9. The van der Waals surface area contributed by atoms with Gasteiger partial charge in [-0.25, -0.2) is 0 Å². The molecule has 2 aliphatic heterocycles. The number of ether oxygens (including phenoxy) is 3. The Balaban J connectivity index is 1.68. The molecule has 1 atom stereocenters. The fraction of sp³-hybridized carbons (Fsp3) is 0.357. The summed E-state index contributed by atoms with van der Waals surface area (Å²) in [7, 11) is 0. The number of carbonyl (C=O) groups is 2. The highest BCUT2D eigenvalue weighted by atomic mass is 16.5. The molecule has 0 aromatic heterocycles. The highest BCUT2D eigenvalue weighted by molar-refractivity contribution is 6.46. The zero-order chi connectivity index (χ0) is 25.5. The Morgan fingerprint density at radius 1 is 1.03 bits per heavy atom. The van der Waals surface area contributed by atoms with E-state index in [1.54, 1.807) is 35.2 Å². The van der Waals surface area contributed by atoms with E-state index in [1.165, 1.54) is 0 Å². The van der Waals surface area contributed by atoms with Crippen LogP contribution in [0.15, 0.2) is 66.8 Å². The van der Waals surface area contributed by atoms with Crippen LogP contribution in [-0.2, 0) is 14.3 Å². The molecule has 0 saturated carbocycles. The standard InChI is InChI=1S/C28H32N2O6/c1-3-17-36-23-11-7-21(8-12-23)26(31)24-25(20-5-9-22(10-6-20)35-4-2)30(28(33)27(24)32)14-13-29-15-18-34-19-16-29/h3,5-12,25,31H,1,4,13-19H2,2H3/b26-24+/t25-/m1/s1. The molecular weight excluding hydrogens is 460 g/mol. The topological polar surface area (TPSA) is 88.5 Å². The summed E-state index contributed by atoms with van der Waals surface area (Å²) in [6, 6.07) is 13.3. The first-order valence-electron chi connectivity index (χ1n) is 12.2. The number of likely N-dealkylation sites (tertiary alicyclic amines) is 1. The Hall–Kier alpha value is -3.62. The molecule has 190 valence electrons. The van der Waals surface area contributed by atoms with Crippen LogP contribution >= 0.6 is 0 Å². The molecule has 2 saturated heterocycles. The van der Waals surface area contributed by atoms with Crippen molar-refractivity contribution in [2.24, 2.45) is 0 Å². The van der Waals surface area contributed by atoms with Gasteiger partial charge in [0.1, 0.15) is 23.9 Å². The summed E-state index contributed by atoms with van der Waals surface area (Å²) >= 11 is 0. The number of ketones is 1. The van der Waals surface area contributed by atoms with Gasteiger partial charge in [0.2, 0.25) is 0 Å². The number of hydrogen-bond donors (Lipinski definition) is 1. The van der Waals surface area contributed by atoms with E-state index in [0.29, 0.717) is 56.6 Å². The largest absolute Gasteiger partial charge is 0.507 e. The maximum Gasteiger partial charge on any atom is 0.295 e. The minimum Gasteiger partial charge on any atom is -0.507 e. The van der Waals surface area contributed by atoms with Gasteiger partial charge in [-0.2, -0.15) is 0 Å². The molecular formula is C28H32N2O6. The predicted molar refractivity (Wildman–Crippen MR) is 136 cm³/mol. The Bertz CT molecular complexity index is 1100. The number of aliphatic hydroxyl groups is 1. The van der Waals surface area contributed by atoms with Crippen molar-refractivity contribution >= 4 is 17.4 Å². The lowest BCUT2D eigenvalue weighted by atomic mass is 9.95. The lowest BCUT2D eigenvalue weighted by Crippen LogP contribution is -2.42. The second kappa shape index (κ2) is 11.9. The quantitative estimate of drug-likeness (QED) is 0.235. The Morgan fingerprint density at radius 2 is 1.67 bits per heavy atom. The zero-order valence-electron chi connectivity index (χ0n) is 20.5. The minimum atomic E-state index is -0.710. The van der Waals surface area contributed by atoms with E-state index < -0.39 is 17.7 Å². The smallest absolute Gasteiger partial charge is 0.295 e. The second-order valence-corrected chi connectivity index (χ2v) is 8.57. The lowest BCUT2D eigenvalue weighted by Gasteiger charge is -2.31. The van der Waals surface area contributed by atoms with Crippen molar-refractivity contribution in [1.82, 2.24) is 9.80 Å². The van der Waals surface area contributed by atoms with Crippen LogP contribution in [0.1, 0.15) is 24.1 Å². The SMILES string of the molecule is C=CCOc1ccc(/C(O)=C2\C(=O)C(=O)N(CCN3CCOCC3)[C@@H]2c2ccc(OCC)cc2)cc1. The summed E-state index contributed by atoms with van der Waals surface area (Å²) in [5, 5.41) is 11.3. The number of rotatable bonds is 10. The van der Waals surface area contributed by atoms with Crippen molar-refractivity contribution in [2.45, 2.75) is 13.0 Å². The third kappa shape index (κ3) is 5.61. The van der Waals surface area contributed by atoms with Crippen LogP contribution in [0.5, 0.6) is 11.5 Å². The van der Waals surface area contributed by atoms with E-state index in [0.717, 1.165) is 18.7 Å². The van der Waals surface area contributed by atoms with Crippen molar-refractivity contribution in [3.05, 3.63) is 77.9 Å². The molecule has 1 amide bonds. The maximum absolute atomic E-state index is 13.2. The fourth-order valence-corrected chi connectivity index (χ4v) is 4.46. The summed E-state index contributed by atoms with van der Waals surface area (Å²) in [6.07, 6.45) is 1.64. The van der Waals surface area contributed by atoms with Gasteiger partial charge in [0, 0.05) is 31.7 Å². The van der Waals surface area contributed by atoms with Crippen molar-refractivity contribution < 1.29 is 28.9 Å². The number of hydrogen-bond acceptors (Lipinski definition) is 7. The number of morpholine rings is 1. The van der Waals surface area contributed by atoms with Crippen molar-refractivity contribution in [1.29, 1.82) is 0 Å². The second-order valence-electron chi connectivity index (χ2n) is 8.57. The number of benzene rings is 2. The molecule has 8 nitrogen and oxygen atoms in total. The van der Waals surface area contributed by atoms with Crippen molar-refractivity contribution in [3.63, 3.8) is 0 Å². The van der Waals surface area contributed by atoms with Crippen LogP contribution in [0.3, 0.4) is 0 Å². The van der Waals surface area contributed by atoms with E-state index in [4.69, 9.17) is 14.2 Å². The first kappa shape index (κ1) is 25.5. The van der Waals surface area contributed by atoms with Gasteiger partial charge in [0.25, 0.3) is 11.7 Å². The van der Waals surface area contributed by atoms with Crippen LogP contribution in [0.2, 0.25) is 0 Å². The van der Waals surface area contributed by atoms with Gasteiger partial charge in [-0.1, -0.05) is 24.8 Å². The van der Waals surface area contributed by atoms with Crippen LogP contribution in [0.4, 0.5) is 0 Å². The average molecular weight is 493 g/mol. The predicted octanol–water partition coefficient (Wildman–Crippen LogP) is 3.40. The number of carbonyl (C=O) groups excluding carboxylic acids is 2. The summed E-state index contributed by atoms with van der Waals surface area (Å²) in [4.78, 5) is 30.2. The monoisotopic (exact) mass is 492 g/mol. The van der Waals surface area contributed by atoms with E-state index in [1.807, 2.05) is 31.2 Å². The molecule has 8 heteroatoms. The number of aliphatic hydroxyl groups excluding tert-OH is 1. The van der Waals surface area contributed by atoms with E-state index >= 15 is 0 Å². The van der Waals surface area contributed by atoms with Crippen LogP contribution < -0.4 is 9.47 Å². The van der Waals surface area contributed by atoms with E-state index in [-0.39, 0.29) is 11.3 Å². The zero-order valence-corrected chi connectivity index (χ0v) is 20.5. The van der Waals surface area contributed by atoms with Gasteiger partial charge in [-0.15, -0.1) is 0 Å². The lowest BCUT2D eigenvalue weighted by molar-refractivity contribution is -0.140. The minimum absolute atomic E-state index is 0.0749. The average Bonchev–Trinajstić information content (AvgIpc) is 3.17. The van der Waals surface area contributed by atoms with E-state index in [9.17, 15) is 14.7 Å². The van der Waals surface area contributed by atoms with Gasteiger partial charge in [-0.05, 0) is 48.9 Å². The van der Waals surface area contributed by atoms with Crippen LogP contribution in [0, 0.1) is 0 Å². The molecule has 0 radical (unpaired) electrons. The summed E-state index contributed by atoms with van der Waals surface area (Å²) in [5.41, 5.74) is 1.24. The number of amides is 1. The number of Topliss-reactive ketones (excluding diaryl/α,β-unsaturated/α-hetero) is 1. The fourth-order valence-electron chi connectivity index (χ4n) is 4.46. The summed E-state index contributed by atoms with van der Waals surface area (Å²) < 4.78 is 16.5. The molecule has 4 rings (SSSR count). The van der Waals surface area contributed by atoms with E-state index in [2.05, 4.69) is 11.5 Å². The molecule has 0 aliphatic carbocycles. The third-order valence-electron chi connectivity index (χ3n) is 6.30. The highest BCUT2D eigenvalue weighted by Crippen LogP contribution is 2.40. The van der Waals surface area contributed by atoms with Gasteiger partial charge in [0.05, 0.1) is 31.4 Å². The summed E-state index contributed by atoms with van der Waals surface area (Å²) in [6.45, 7) is 10.2. The molecule has 2 aromatic carbocycles. The maximum atomic E-state index is 13.2. The molecule has 2 heterocycles. The molecule has 36 heavy (non-hydrogen) atoms. The Kier molecular flexibility index (Phi) is 8.40. The molecule has 2 aromatic rings. The van der Waals surface area contributed by atoms with Gasteiger partial charge < -0.3 is 24.2 Å². The first-order chi connectivity index (χ1) is 17.5. The molecule has 1 N–H and O–H groups in total. The molecule has 0 unspecified atom stereocenters. The van der Waals surface area contributed by atoms with Crippen molar-refractivity contribution in [2.75, 3.05) is 52.6 Å². The Labute approximate surface area is 211 Å². The highest BCUT2D eigenvalue weighted by Gasteiger charge is 2.46. The molecule has 0 bridgehead atoms. The third-order valence-corrected chi connectivity index (χ3v) is 6.30. The first-order valence-corrected chi connectivity index (χ1v) is 12.2. The van der Waals surface area contributed by atoms with Gasteiger partial charge >= 0.3 is 0 Å². The molecule has 2 fully saturated rings.